The summed E-state index contributed by atoms with van der Waals surface area (Å²) in [6, 6.07) is 5.11. The largest absolute Gasteiger partial charge is 0.483 e. The number of amides is 2. The predicted molar refractivity (Wildman–Crippen MR) is 89.8 cm³/mol. The molecular weight excluding hydrogens is 388 g/mol. The molecule has 0 spiro atoms. The first-order valence-electron chi connectivity index (χ1n) is 7.28. The van der Waals surface area contributed by atoms with Crippen LogP contribution in [0.3, 0.4) is 0 Å². The van der Waals surface area contributed by atoms with Crippen molar-refractivity contribution in [3.05, 3.63) is 27.7 Å². The highest BCUT2D eigenvalue weighted by atomic mass is 79.9. The van der Waals surface area contributed by atoms with E-state index in [0.29, 0.717) is 48.0 Å². The van der Waals surface area contributed by atoms with E-state index in [0.717, 1.165) is 0 Å². The molecule has 0 N–H and O–H groups in total. The summed E-state index contributed by atoms with van der Waals surface area (Å²) in [5, 5.41) is 0.589. The first-order chi connectivity index (χ1) is 11.0. The van der Waals surface area contributed by atoms with Crippen LogP contribution in [-0.4, -0.2) is 61.2 Å². The predicted octanol–water partition coefficient (Wildman–Crippen LogP) is 2.78. The number of hydrogen-bond acceptors (Lipinski definition) is 4. The highest BCUT2D eigenvalue weighted by molar-refractivity contribution is 9.10. The van der Waals surface area contributed by atoms with Gasteiger partial charge >= 0.3 is 6.09 Å². The van der Waals surface area contributed by atoms with Crippen LogP contribution < -0.4 is 4.74 Å². The Morgan fingerprint density at radius 2 is 1.87 bits per heavy atom. The molecular formula is C15H18BrClN2O4. The number of rotatable bonds is 4. The molecule has 1 saturated heterocycles. The number of carbonyl (C=O) groups excluding carboxylic acids is 2. The van der Waals surface area contributed by atoms with E-state index in [1.807, 2.05) is 0 Å². The van der Waals surface area contributed by atoms with E-state index >= 15 is 0 Å². The van der Waals surface area contributed by atoms with Crippen LogP contribution in [0.15, 0.2) is 22.7 Å². The molecule has 8 heteroatoms. The fourth-order valence-corrected chi connectivity index (χ4v) is 2.97. The van der Waals surface area contributed by atoms with Crippen molar-refractivity contribution in [3.8, 4) is 5.75 Å². The second-order valence-electron chi connectivity index (χ2n) is 4.93. The van der Waals surface area contributed by atoms with Gasteiger partial charge in [-0.3, -0.25) is 4.79 Å². The monoisotopic (exact) mass is 404 g/mol. The molecule has 0 radical (unpaired) electrons. The summed E-state index contributed by atoms with van der Waals surface area (Å²) in [5.74, 6) is 0.447. The van der Waals surface area contributed by atoms with E-state index < -0.39 is 0 Å². The van der Waals surface area contributed by atoms with Crippen molar-refractivity contribution >= 4 is 39.5 Å². The van der Waals surface area contributed by atoms with E-state index in [2.05, 4.69) is 15.9 Å². The Balaban J connectivity index is 1.80. The van der Waals surface area contributed by atoms with Crippen molar-refractivity contribution < 1.29 is 19.1 Å². The summed E-state index contributed by atoms with van der Waals surface area (Å²) >= 11 is 9.20. The Hall–Kier alpha value is -1.47. The Kier molecular flexibility index (Phi) is 6.53. The van der Waals surface area contributed by atoms with Crippen LogP contribution in [0.2, 0.25) is 5.02 Å². The molecule has 1 aromatic carbocycles. The molecule has 126 valence electrons. The van der Waals surface area contributed by atoms with Gasteiger partial charge < -0.3 is 19.3 Å². The Labute approximate surface area is 148 Å². The molecule has 0 aromatic heterocycles. The van der Waals surface area contributed by atoms with Gasteiger partial charge in [0.1, 0.15) is 5.75 Å². The Morgan fingerprint density at radius 1 is 1.22 bits per heavy atom. The molecule has 1 heterocycles. The van der Waals surface area contributed by atoms with Gasteiger partial charge in [-0.25, -0.2) is 4.79 Å². The van der Waals surface area contributed by atoms with E-state index in [-0.39, 0.29) is 18.6 Å². The van der Waals surface area contributed by atoms with Gasteiger partial charge in [0, 0.05) is 31.2 Å². The maximum absolute atomic E-state index is 12.2. The molecule has 0 aliphatic carbocycles. The van der Waals surface area contributed by atoms with E-state index in [1.165, 1.54) is 0 Å². The Morgan fingerprint density at radius 3 is 2.48 bits per heavy atom. The van der Waals surface area contributed by atoms with Crippen molar-refractivity contribution in [2.45, 2.75) is 6.92 Å². The minimum absolute atomic E-state index is 0.0559. The molecule has 1 aliphatic heterocycles. The van der Waals surface area contributed by atoms with Gasteiger partial charge in [-0.2, -0.15) is 0 Å². The molecule has 0 atom stereocenters. The summed E-state index contributed by atoms with van der Waals surface area (Å²) in [4.78, 5) is 27.1. The summed E-state index contributed by atoms with van der Waals surface area (Å²) in [6.45, 7) is 3.95. The van der Waals surface area contributed by atoms with E-state index in [9.17, 15) is 9.59 Å². The topological polar surface area (TPSA) is 59.1 Å². The zero-order chi connectivity index (χ0) is 16.8. The standard InChI is InChI=1S/C15H18BrClN2O4/c1-2-22-15(21)19-7-5-18(6-8-19)14(20)10-23-13-4-3-11(17)9-12(13)16/h3-4,9H,2,5-8,10H2,1H3. The average Bonchev–Trinajstić information content (AvgIpc) is 2.54. The van der Waals surface area contributed by atoms with Crippen molar-refractivity contribution in [1.82, 2.24) is 9.80 Å². The first-order valence-corrected chi connectivity index (χ1v) is 8.45. The van der Waals surface area contributed by atoms with Gasteiger partial charge in [0.15, 0.2) is 6.61 Å². The number of piperazine rings is 1. The van der Waals surface area contributed by atoms with Gasteiger partial charge in [-0.05, 0) is 41.1 Å². The maximum Gasteiger partial charge on any atom is 0.409 e. The van der Waals surface area contributed by atoms with Crippen molar-refractivity contribution in [2.75, 3.05) is 39.4 Å². The van der Waals surface area contributed by atoms with Gasteiger partial charge in [0.25, 0.3) is 5.91 Å². The second-order valence-corrected chi connectivity index (χ2v) is 6.22. The van der Waals surface area contributed by atoms with Crippen molar-refractivity contribution in [2.24, 2.45) is 0 Å². The molecule has 2 amide bonds. The van der Waals surface area contributed by atoms with E-state index in [1.54, 1.807) is 34.9 Å². The molecule has 23 heavy (non-hydrogen) atoms. The van der Waals surface area contributed by atoms with Gasteiger partial charge in [-0.1, -0.05) is 11.6 Å². The zero-order valence-corrected chi connectivity index (χ0v) is 15.1. The number of benzene rings is 1. The Bertz CT molecular complexity index is 577. The summed E-state index contributed by atoms with van der Waals surface area (Å²) in [7, 11) is 0. The first kappa shape index (κ1) is 17.9. The number of nitrogens with zero attached hydrogens (tertiary/aromatic N) is 2. The minimum atomic E-state index is -0.332. The summed E-state index contributed by atoms with van der Waals surface area (Å²) < 4.78 is 11.2. The van der Waals surface area contributed by atoms with Crippen LogP contribution in [0.5, 0.6) is 5.75 Å². The number of halogens is 2. The smallest absolute Gasteiger partial charge is 0.409 e. The lowest BCUT2D eigenvalue weighted by atomic mass is 10.3. The molecule has 2 rings (SSSR count). The third kappa shape index (κ3) is 5.00. The van der Waals surface area contributed by atoms with Gasteiger partial charge in [0.2, 0.25) is 0 Å². The molecule has 0 bridgehead atoms. The quantitative estimate of drug-likeness (QED) is 0.773. The third-order valence-electron chi connectivity index (χ3n) is 3.40. The fraction of sp³-hybridized carbons (Fsp3) is 0.467. The fourth-order valence-electron chi connectivity index (χ4n) is 2.18. The maximum atomic E-state index is 12.2. The zero-order valence-electron chi connectivity index (χ0n) is 12.8. The SMILES string of the molecule is CCOC(=O)N1CCN(C(=O)COc2ccc(Cl)cc2Br)CC1. The summed E-state index contributed by atoms with van der Waals surface area (Å²) in [6.07, 6.45) is -0.332. The van der Waals surface area contributed by atoms with E-state index in [4.69, 9.17) is 21.1 Å². The highest BCUT2D eigenvalue weighted by Gasteiger charge is 2.25. The minimum Gasteiger partial charge on any atom is -0.483 e. The van der Waals surface area contributed by atoms with Gasteiger partial charge in [-0.15, -0.1) is 0 Å². The molecule has 1 aliphatic rings. The highest BCUT2D eigenvalue weighted by Crippen LogP contribution is 2.27. The molecule has 1 fully saturated rings. The van der Waals surface area contributed by atoms with Crippen LogP contribution in [0, 0.1) is 0 Å². The van der Waals surface area contributed by atoms with Crippen molar-refractivity contribution in [1.29, 1.82) is 0 Å². The summed E-state index contributed by atoms with van der Waals surface area (Å²) in [5.41, 5.74) is 0. The molecule has 1 aromatic rings. The number of hydrogen-bond donors (Lipinski definition) is 0. The lowest BCUT2D eigenvalue weighted by molar-refractivity contribution is -0.135. The molecule has 0 saturated carbocycles. The lowest BCUT2D eigenvalue weighted by Gasteiger charge is -2.34. The van der Waals surface area contributed by atoms with Gasteiger partial charge in [0.05, 0.1) is 11.1 Å². The van der Waals surface area contributed by atoms with Crippen LogP contribution in [0.25, 0.3) is 0 Å². The van der Waals surface area contributed by atoms with Crippen LogP contribution >= 0.6 is 27.5 Å². The molecule has 6 nitrogen and oxygen atoms in total. The lowest BCUT2D eigenvalue weighted by Crippen LogP contribution is -2.51. The number of ether oxygens (including phenoxy) is 2. The molecule has 0 unspecified atom stereocenters. The third-order valence-corrected chi connectivity index (χ3v) is 4.26. The second kappa shape index (κ2) is 8.40. The van der Waals surface area contributed by atoms with Crippen LogP contribution in [0.1, 0.15) is 6.92 Å². The van der Waals surface area contributed by atoms with Crippen LogP contribution in [0.4, 0.5) is 4.79 Å². The van der Waals surface area contributed by atoms with Crippen LogP contribution in [-0.2, 0) is 9.53 Å². The normalized spacial score (nSPS) is 14.6. The average molecular weight is 406 g/mol. The van der Waals surface area contributed by atoms with Crippen molar-refractivity contribution in [3.63, 3.8) is 0 Å². The number of carbonyl (C=O) groups is 2.